The Labute approximate surface area is 133 Å². The molecular formula is C16H20N4O3. The molecule has 7 heteroatoms. The molecule has 3 rings (SSSR count). The predicted molar refractivity (Wildman–Crippen MR) is 89.7 cm³/mol. The summed E-state index contributed by atoms with van der Waals surface area (Å²) < 4.78 is 6.24. The zero-order valence-electron chi connectivity index (χ0n) is 13.3. The van der Waals surface area contributed by atoms with Gasteiger partial charge in [0.2, 0.25) is 0 Å². The van der Waals surface area contributed by atoms with Gasteiger partial charge in [-0.1, -0.05) is 0 Å². The molecule has 0 bridgehead atoms. The molecule has 0 aliphatic carbocycles. The maximum Gasteiger partial charge on any atom is 0.329 e. The number of benzene rings is 1. The van der Waals surface area contributed by atoms with Crippen LogP contribution in [0, 0.1) is 0 Å². The van der Waals surface area contributed by atoms with Crippen LogP contribution in [0.1, 0.15) is 0 Å². The summed E-state index contributed by atoms with van der Waals surface area (Å²) in [5.41, 5.74) is 0.467. The number of piperazine rings is 1. The minimum atomic E-state index is -0.384. The molecule has 1 aromatic heterocycles. The number of anilines is 2. The largest absolute Gasteiger partial charge is 0.497 e. The van der Waals surface area contributed by atoms with Crippen molar-refractivity contribution in [2.75, 3.05) is 43.1 Å². The van der Waals surface area contributed by atoms with E-state index in [0.717, 1.165) is 42.2 Å². The molecule has 0 saturated carbocycles. The third-order valence-corrected chi connectivity index (χ3v) is 4.19. The van der Waals surface area contributed by atoms with Crippen molar-refractivity contribution >= 4 is 11.5 Å². The molecule has 2 heterocycles. The maximum atomic E-state index is 11.7. The Morgan fingerprint density at radius 2 is 1.61 bits per heavy atom. The zero-order chi connectivity index (χ0) is 16.4. The first-order valence-electron chi connectivity index (χ1n) is 7.53. The fourth-order valence-corrected chi connectivity index (χ4v) is 2.71. The van der Waals surface area contributed by atoms with E-state index in [2.05, 4.69) is 9.88 Å². The molecule has 0 radical (unpaired) electrons. The molecule has 23 heavy (non-hydrogen) atoms. The van der Waals surface area contributed by atoms with Gasteiger partial charge in [-0.15, -0.1) is 0 Å². The van der Waals surface area contributed by atoms with E-state index in [0.29, 0.717) is 5.82 Å². The smallest absolute Gasteiger partial charge is 0.329 e. The Bertz CT molecular complexity index is 755. The summed E-state index contributed by atoms with van der Waals surface area (Å²) in [5, 5.41) is 0. The van der Waals surface area contributed by atoms with Crippen LogP contribution in [0.15, 0.2) is 39.9 Å². The van der Waals surface area contributed by atoms with E-state index in [4.69, 9.17) is 4.74 Å². The van der Waals surface area contributed by atoms with Gasteiger partial charge >= 0.3 is 5.69 Å². The highest BCUT2D eigenvalue weighted by Crippen LogP contribution is 2.21. The Morgan fingerprint density at radius 1 is 1.00 bits per heavy atom. The molecule has 1 saturated heterocycles. The van der Waals surface area contributed by atoms with Crippen molar-refractivity contribution < 1.29 is 4.74 Å². The minimum Gasteiger partial charge on any atom is -0.497 e. The normalized spacial score (nSPS) is 14.9. The lowest BCUT2D eigenvalue weighted by Gasteiger charge is -2.36. The van der Waals surface area contributed by atoms with Crippen molar-refractivity contribution in [3.05, 3.63) is 51.2 Å². The Kier molecular flexibility index (Phi) is 4.10. The van der Waals surface area contributed by atoms with Gasteiger partial charge in [0.1, 0.15) is 11.6 Å². The highest BCUT2D eigenvalue weighted by molar-refractivity contribution is 5.51. The predicted octanol–water partition coefficient (Wildman–Crippen LogP) is 0.409. The summed E-state index contributed by atoms with van der Waals surface area (Å²) in [4.78, 5) is 30.5. The average molecular weight is 316 g/mol. The first-order chi connectivity index (χ1) is 11.1. The molecular weight excluding hydrogens is 296 g/mol. The fraction of sp³-hybridized carbons (Fsp3) is 0.375. The van der Waals surface area contributed by atoms with E-state index in [1.54, 1.807) is 7.11 Å². The highest BCUT2D eigenvalue weighted by atomic mass is 16.5. The van der Waals surface area contributed by atoms with Gasteiger partial charge in [0.15, 0.2) is 0 Å². The van der Waals surface area contributed by atoms with Gasteiger partial charge in [0.25, 0.3) is 5.56 Å². The van der Waals surface area contributed by atoms with Crippen LogP contribution in [0.5, 0.6) is 5.75 Å². The SMILES string of the molecule is COc1ccc(N2CCN(c3cc(=O)n(C)c(=O)[nH]3)CC2)cc1. The van der Waals surface area contributed by atoms with Crippen LogP contribution in [-0.4, -0.2) is 42.8 Å². The van der Waals surface area contributed by atoms with Gasteiger partial charge in [-0.3, -0.25) is 14.3 Å². The number of ether oxygens (including phenoxy) is 1. The molecule has 1 aromatic carbocycles. The number of aromatic amines is 1. The molecule has 2 aromatic rings. The van der Waals surface area contributed by atoms with Crippen LogP contribution in [0.4, 0.5) is 11.5 Å². The third-order valence-electron chi connectivity index (χ3n) is 4.19. The number of hydrogen-bond donors (Lipinski definition) is 1. The molecule has 122 valence electrons. The molecule has 0 amide bonds. The Morgan fingerprint density at radius 3 is 2.17 bits per heavy atom. The van der Waals surface area contributed by atoms with Crippen molar-refractivity contribution in [2.24, 2.45) is 7.05 Å². The van der Waals surface area contributed by atoms with E-state index in [-0.39, 0.29) is 11.2 Å². The van der Waals surface area contributed by atoms with Crippen molar-refractivity contribution in [2.45, 2.75) is 0 Å². The zero-order valence-corrected chi connectivity index (χ0v) is 13.3. The summed E-state index contributed by atoms with van der Waals surface area (Å²) in [6.45, 7) is 3.14. The molecule has 1 N–H and O–H groups in total. The van der Waals surface area contributed by atoms with Gasteiger partial charge in [0, 0.05) is 45.0 Å². The number of H-pyrrole nitrogens is 1. The van der Waals surface area contributed by atoms with E-state index in [9.17, 15) is 9.59 Å². The van der Waals surface area contributed by atoms with E-state index in [1.165, 1.54) is 13.1 Å². The Hall–Kier alpha value is -2.70. The average Bonchev–Trinajstić information content (AvgIpc) is 2.59. The van der Waals surface area contributed by atoms with Crippen molar-refractivity contribution in [3.8, 4) is 5.75 Å². The van der Waals surface area contributed by atoms with Crippen LogP contribution >= 0.6 is 0 Å². The third kappa shape index (κ3) is 3.08. The minimum absolute atomic E-state index is 0.290. The highest BCUT2D eigenvalue weighted by Gasteiger charge is 2.19. The topological polar surface area (TPSA) is 70.6 Å². The molecule has 0 unspecified atom stereocenters. The quantitative estimate of drug-likeness (QED) is 0.888. The number of methoxy groups -OCH3 is 1. The van der Waals surface area contributed by atoms with Crippen molar-refractivity contribution in [3.63, 3.8) is 0 Å². The van der Waals surface area contributed by atoms with E-state index < -0.39 is 0 Å². The lowest BCUT2D eigenvalue weighted by Crippen LogP contribution is -2.48. The number of nitrogens with one attached hydrogen (secondary N) is 1. The second-order valence-electron chi connectivity index (χ2n) is 5.53. The van der Waals surface area contributed by atoms with Crippen LogP contribution in [-0.2, 0) is 7.05 Å². The van der Waals surface area contributed by atoms with Gasteiger partial charge in [0.05, 0.1) is 7.11 Å². The lowest BCUT2D eigenvalue weighted by molar-refractivity contribution is 0.415. The summed E-state index contributed by atoms with van der Waals surface area (Å²) in [7, 11) is 3.12. The lowest BCUT2D eigenvalue weighted by atomic mass is 10.2. The Balaban J connectivity index is 1.70. The first-order valence-corrected chi connectivity index (χ1v) is 7.53. The molecule has 1 aliphatic heterocycles. The van der Waals surface area contributed by atoms with Crippen LogP contribution in [0.25, 0.3) is 0 Å². The summed E-state index contributed by atoms with van der Waals surface area (Å²) >= 11 is 0. The second kappa shape index (κ2) is 6.20. The molecule has 0 atom stereocenters. The summed E-state index contributed by atoms with van der Waals surface area (Å²) in [6, 6.07) is 9.44. The van der Waals surface area contributed by atoms with E-state index >= 15 is 0 Å². The number of nitrogens with zero attached hydrogens (tertiary/aromatic N) is 3. The monoisotopic (exact) mass is 316 g/mol. The van der Waals surface area contributed by atoms with Crippen molar-refractivity contribution in [1.82, 2.24) is 9.55 Å². The van der Waals surface area contributed by atoms with Crippen LogP contribution in [0.2, 0.25) is 0 Å². The number of aromatic nitrogens is 2. The molecule has 1 fully saturated rings. The fourth-order valence-electron chi connectivity index (χ4n) is 2.71. The molecule has 1 aliphatic rings. The van der Waals surface area contributed by atoms with Gasteiger partial charge < -0.3 is 14.5 Å². The molecule has 7 nitrogen and oxygen atoms in total. The van der Waals surface area contributed by atoms with Crippen LogP contribution in [0.3, 0.4) is 0 Å². The van der Waals surface area contributed by atoms with E-state index in [1.807, 2.05) is 29.2 Å². The maximum absolute atomic E-state index is 11.7. The van der Waals surface area contributed by atoms with Gasteiger partial charge in [-0.05, 0) is 24.3 Å². The number of rotatable bonds is 3. The molecule has 0 spiro atoms. The van der Waals surface area contributed by atoms with Crippen molar-refractivity contribution in [1.29, 1.82) is 0 Å². The number of hydrogen-bond acceptors (Lipinski definition) is 5. The second-order valence-corrected chi connectivity index (χ2v) is 5.53. The first kappa shape index (κ1) is 15.2. The van der Waals surface area contributed by atoms with Crippen LogP contribution < -0.4 is 25.8 Å². The van der Waals surface area contributed by atoms with Gasteiger partial charge in [-0.2, -0.15) is 0 Å². The standard InChI is InChI=1S/C16H20N4O3/c1-18-15(21)11-14(17-16(18)22)20-9-7-19(8-10-20)12-3-5-13(23-2)6-4-12/h3-6,11H,7-10H2,1-2H3,(H,17,22). The van der Waals surface area contributed by atoms with Gasteiger partial charge in [-0.25, -0.2) is 4.79 Å². The summed E-state index contributed by atoms with van der Waals surface area (Å²) in [5.74, 6) is 1.43. The summed E-state index contributed by atoms with van der Waals surface area (Å²) in [6.07, 6.45) is 0.